The Labute approximate surface area is 160 Å². The summed E-state index contributed by atoms with van der Waals surface area (Å²) in [5, 5.41) is 2.93. The molecule has 0 saturated carbocycles. The van der Waals surface area contributed by atoms with Gasteiger partial charge in [0.25, 0.3) is 0 Å². The predicted octanol–water partition coefficient (Wildman–Crippen LogP) is 5.33. The number of nitrogens with one attached hydrogen (secondary N) is 1. The first kappa shape index (κ1) is 20.3. The number of carbonyl (C=O) groups excluding carboxylic acids is 1. The molecule has 2 aromatic rings. The van der Waals surface area contributed by atoms with Crippen LogP contribution in [0.5, 0.6) is 0 Å². The van der Waals surface area contributed by atoms with E-state index >= 15 is 0 Å². The van der Waals surface area contributed by atoms with E-state index in [1.165, 1.54) is 31.2 Å². The van der Waals surface area contributed by atoms with Crippen LogP contribution < -0.4 is 5.32 Å². The topological polar surface area (TPSA) is 38.3 Å². The fourth-order valence-electron chi connectivity index (χ4n) is 3.68. The second-order valence-corrected chi connectivity index (χ2v) is 7.43. The zero-order valence-corrected chi connectivity index (χ0v) is 15.5. The van der Waals surface area contributed by atoms with Crippen LogP contribution in [0.4, 0.5) is 17.6 Å². The third-order valence-electron chi connectivity index (χ3n) is 4.93. The highest BCUT2D eigenvalue weighted by Crippen LogP contribution is 2.44. The van der Waals surface area contributed by atoms with Gasteiger partial charge >= 0.3 is 6.18 Å². The van der Waals surface area contributed by atoms with Crippen molar-refractivity contribution in [2.24, 2.45) is 0 Å². The highest BCUT2D eigenvalue weighted by molar-refractivity contribution is 5.73. The van der Waals surface area contributed by atoms with E-state index in [2.05, 4.69) is 5.32 Å². The predicted molar refractivity (Wildman–Crippen MR) is 95.9 cm³/mol. The molecular formula is C21H21F4NO2. The Morgan fingerprint density at radius 2 is 1.46 bits per heavy atom. The molecule has 3 nitrogen and oxygen atoms in total. The average Bonchev–Trinajstić information content (AvgIpc) is 2.60. The molecule has 0 aliphatic carbocycles. The van der Waals surface area contributed by atoms with Crippen molar-refractivity contribution in [2.75, 3.05) is 0 Å². The van der Waals surface area contributed by atoms with E-state index in [-0.39, 0.29) is 11.7 Å². The largest absolute Gasteiger partial charge is 0.416 e. The monoisotopic (exact) mass is 395 g/mol. The van der Waals surface area contributed by atoms with Gasteiger partial charge in [-0.3, -0.25) is 4.79 Å². The van der Waals surface area contributed by atoms with Gasteiger partial charge in [0, 0.05) is 25.3 Å². The second-order valence-electron chi connectivity index (χ2n) is 7.43. The summed E-state index contributed by atoms with van der Waals surface area (Å²) in [6, 6.07) is 10.7. The summed E-state index contributed by atoms with van der Waals surface area (Å²) in [4.78, 5) is 11.7. The molecule has 7 heteroatoms. The fourth-order valence-corrected chi connectivity index (χ4v) is 3.68. The van der Waals surface area contributed by atoms with Gasteiger partial charge in [-0.25, -0.2) is 4.39 Å². The molecule has 28 heavy (non-hydrogen) atoms. The molecule has 1 aliphatic rings. The minimum Gasteiger partial charge on any atom is -0.365 e. The molecule has 1 aliphatic heterocycles. The molecule has 1 N–H and O–H groups in total. The van der Waals surface area contributed by atoms with E-state index in [9.17, 15) is 22.4 Å². The van der Waals surface area contributed by atoms with Crippen molar-refractivity contribution in [2.45, 2.75) is 50.6 Å². The molecule has 150 valence electrons. The normalized spacial score (nSPS) is 25.4. The van der Waals surface area contributed by atoms with Crippen LogP contribution in [-0.4, -0.2) is 11.4 Å². The second kappa shape index (κ2) is 7.54. The Balaban J connectivity index is 1.91. The number of hydrogen-bond acceptors (Lipinski definition) is 2. The molecule has 0 bridgehead atoms. The van der Waals surface area contributed by atoms with Crippen molar-refractivity contribution >= 4 is 5.91 Å². The highest BCUT2D eigenvalue weighted by atomic mass is 19.4. The van der Waals surface area contributed by atoms with Crippen molar-refractivity contribution in [1.82, 2.24) is 5.32 Å². The molecule has 1 amide bonds. The lowest BCUT2D eigenvalue weighted by atomic mass is 9.81. The van der Waals surface area contributed by atoms with Crippen LogP contribution in [0.25, 0.3) is 0 Å². The lowest BCUT2D eigenvalue weighted by molar-refractivity contribution is -0.137. The average molecular weight is 395 g/mol. The number of hydrogen-bond donors (Lipinski definition) is 1. The van der Waals surface area contributed by atoms with Crippen LogP contribution in [-0.2, 0) is 15.7 Å². The molecule has 0 aromatic heterocycles. The van der Waals surface area contributed by atoms with Gasteiger partial charge < -0.3 is 10.1 Å². The molecule has 1 saturated heterocycles. The van der Waals surface area contributed by atoms with E-state index < -0.39 is 29.5 Å². The van der Waals surface area contributed by atoms with Crippen LogP contribution in [0.15, 0.2) is 48.5 Å². The van der Waals surface area contributed by atoms with Crippen LogP contribution >= 0.6 is 0 Å². The van der Waals surface area contributed by atoms with Gasteiger partial charge in [-0.2, -0.15) is 13.2 Å². The summed E-state index contributed by atoms with van der Waals surface area (Å²) < 4.78 is 57.9. The lowest BCUT2D eigenvalue weighted by Gasteiger charge is -2.43. The number of benzene rings is 2. The standard InChI is InChI=1S/C21H21F4NO2/c1-13(27)26-20(2)11-18(14-3-7-16(8-4-14)21(23,24)25)28-19(12-20)15-5-9-17(22)10-6-15/h3-10,18-19H,11-12H2,1-2H3,(H,26,27)/t18-,19+,20-/m1/s1. The van der Waals surface area contributed by atoms with Crippen LogP contribution in [0.2, 0.25) is 0 Å². The molecular weight excluding hydrogens is 374 g/mol. The Morgan fingerprint density at radius 3 is 1.89 bits per heavy atom. The number of ether oxygens (including phenoxy) is 1. The van der Waals surface area contributed by atoms with E-state index in [0.717, 1.165) is 17.7 Å². The van der Waals surface area contributed by atoms with Gasteiger partial charge in [0.2, 0.25) is 5.91 Å². The first-order chi connectivity index (χ1) is 13.1. The maximum Gasteiger partial charge on any atom is 0.416 e. The van der Waals surface area contributed by atoms with Gasteiger partial charge in [-0.15, -0.1) is 0 Å². The van der Waals surface area contributed by atoms with Crippen LogP contribution in [0, 0.1) is 5.82 Å². The molecule has 3 atom stereocenters. The zero-order chi connectivity index (χ0) is 20.5. The zero-order valence-electron chi connectivity index (χ0n) is 15.5. The first-order valence-corrected chi connectivity index (χ1v) is 8.93. The minimum absolute atomic E-state index is 0.201. The quantitative estimate of drug-likeness (QED) is 0.713. The molecule has 0 spiro atoms. The van der Waals surface area contributed by atoms with Crippen molar-refractivity contribution in [3.63, 3.8) is 0 Å². The van der Waals surface area contributed by atoms with E-state index in [1.807, 2.05) is 6.92 Å². The van der Waals surface area contributed by atoms with E-state index in [4.69, 9.17) is 4.74 Å². The number of rotatable bonds is 3. The third-order valence-corrected chi connectivity index (χ3v) is 4.93. The lowest BCUT2D eigenvalue weighted by Crippen LogP contribution is -2.50. The van der Waals surface area contributed by atoms with Gasteiger partial charge in [-0.1, -0.05) is 24.3 Å². The molecule has 2 aromatic carbocycles. The fraction of sp³-hybridized carbons (Fsp3) is 0.381. The van der Waals surface area contributed by atoms with E-state index in [1.54, 1.807) is 12.1 Å². The summed E-state index contributed by atoms with van der Waals surface area (Å²) in [7, 11) is 0. The first-order valence-electron chi connectivity index (χ1n) is 8.93. The summed E-state index contributed by atoms with van der Waals surface area (Å²) in [6.07, 6.45) is -4.47. The number of alkyl halides is 3. The third kappa shape index (κ3) is 4.70. The SMILES string of the molecule is CC(=O)N[C@@]1(C)C[C@@H](c2ccc(F)cc2)O[C@@H](c2ccc(C(F)(F)F)cc2)C1. The molecule has 3 rings (SSSR count). The highest BCUT2D eigenvalue weighted by Gasteiger charge is 2.40. The number of halogens is 4. The van der Waals surface area contributed by atoms with Crippen molar-refractivity contribution < 1.29 is 27.1 Å². The Hall–Kier alpha value is -2.41. The van der Waals surface area contributed by atoms with Gasteiger partial charge in [-0.05, 0) is 42.3 Å². The maximum atomic E-state index is 13.3. The molecule has 1 fully saturated rings. The summed E-state index contributed by atoms with van der Waals surface area (Å²) in [5.41, 5.74) is -0.00556. The molecule has 0 unspecified atom stereocenters. The minimum atomic E-state index is -4.41. The molecule has 0 radical (unpaired) electrons. The maximum absolute atomic E-state index is 13.3. The summed E-state index contributed by atoms with van der Waals surface area (Å²) >= 11 is 0. The van der Waals surface area contributed by atoms with E-state index in [0.29, 0.717) is 18.4 Å². The Morgan fingerprint density at radius 1 is 1.00 bits per heavy atom. The van der Waals surface area contributed by atoms with Crippen molar-refractivity contribution in [3.8, 4) is 0 Å². The van der Waals surface area contributed by atoms with Crippen molar-refractivity contribution in [3.05, 3.63) is 71.0 Å². The Bertz CT molecular complexity index is 833. The van der Waals surface area contributed by atoms with Crippen molar-refractivity contribution in [1.29, 1.82) is 0 Å². The molecule has 1 heterocycles. The summed E-state index contributed by atoms with van der Waals surface area (Å²) in [6.45, 7) is 3.30. The van der Waals surface area contributed by atoms with Gasteiger partial charge in [0.1, 0.15) is 5.82 Å². The van der Waals surface area contributed by atoms with Gasteiger partial charge in [0.05, 0.1) is 17.8 Å². The number of carbonyl (C=O) groups is 1. The summed E-state index contributed by atoms with van der Waals surface area (Å²) in [5.74, 6) is -0.572. The Kier molecular flexibility index (Phi) is 5.48. The smallest absolute Gasteiger partial charge is 0.365 e. The van der Waals surface area contributed by atoms with Gasteiger partial charge in [0.15, 0.2) is 0 Å². The van der Waals surface area contributed by atoms with Crippen LogP contribution in [0.3, 0.4) is 0 Å². The van der Waals surface area contributed by atoms with Crippen LogP contribution in [0.1, 0.15) is 55.6 Å². The number of amides is 1.